The van der Waals surface area contributed by atoms with E-state index in [0.717, 1.165) is 12.8 Å². The molecule has 0 fully saturated rings. The van der Waals surface area contributed by atoms with Crippen LogP contribution in [0.2, 0.25) is 0 Å². The molecule has 0 unspecified atom stereocenters. The van der Waals surface area contributed by atoms with Crippen molar-refractivity contribution in [3.63, 3.8) is 0 Å². The number of para-hydroxylation sites is 2. The second-order valence-corrected chi connectivity index (χ2v) is 9.80. The Morgan fingerprint density at radius 3 is 1.44 bits per heavy atom. The molecule has 3 aromatic carbocycles. The van der Waals surface area contributed by atoms with Crippen LogP contribution in [0.25, 0.3) is 33.2 Å². The molecule has 0 N–H and O–H groups in total. The van der Waals surface area contributed by atoms with E-state index in [-0.39, 0.29) is 0 Å². The second kappa shape index (κ2) is 8.35. The number of fused-ring (bicyclic) bond motifs is 2. The fraction of sp³-hybridized carbons (Fsp3) is 0.267. The fourth-order valence-corrected chi connectivity index (χ4v) is 4.93. The first-order valence-corrected chi connectivity index (χ1v) is 11.8. The topological polar surface area (TPSA) is 9.86 Å². The second-order valence-electron chi connectivity index (χ2n) is 9.80. The number of aromatic nitrogens is 2. The summed E-state index contributed by atoms with van der Waals surface area (Å²) in [5, 5.41) is 2.72. The lowest BCUT2D eigenvalue weighted by molar-refractivity contribution is 0.649. The van der Waals surface area contributed by atoms with Crippen LogP contribution < -0.4 is 0 Å². The average Bonchev–Trinajstić information content (AvgIpc) is 3.32. The molecule has 0 radical (unpaired) electrons. The Bertz CT molecular complexity index is 1280. The molecule has 2 heteroatoms. The van der Waals surface area contributed by atoms with Gasteiger partial charge in [-0.05, 0) is 66.1 Å². The van der Waals surface area contributed by atoms with Crippen molar-refractivity contribution in [1.82, 2.24) is 9.13 Å². The minimum Gasteiger partial charge on any atom is -0.316 e. The third-order valence-corrected chi connectivity index (χ3v) is 6.23. The van der Waals surface area contributed by atoms with E-state index < -0.39 is 0 Å². The van der Waals surface area contributed by atoms with Gasteiger partial charge in [-0.3, -0.25) is 0 Å². The Morgan fingerprint density at radius 2 is 1.00 bits per heavy atom. The van der Waals surface area contributed by atoms with E-state index in [2.05, 4.69) is 122 Å². The Kier molecular flexibility index (Phi) is 5.38. The van der Waals surface area contributed by atoms with Gasteiger partial charge in [-0.2, -0.15) is 0 Å². The van der Waals surface area contributed by atoms with E-state index in [9.17, 15) is 0 Å². The summed E-state index contributed by atoms with van der Waals surface area (Å²) in [6.45, 7) is 9.16. The molecular weight excluding hydrogens is 388 g/mol. The van der Waals surface area contributed by atoms with Gasteiger partial charge in [0.2, 0.25) is 0 Å². The Morgan fingerprint density at radius 1 is 0.562 bits per heavy atom. The van der Waals surface area contributed by atoms with Crippen LogP contribution in [0.4, 0.5) is 0 Å². The minimum atomic E-state index is 0.631. The Balaban J connectivity index is 1.65. The van der Waals surface area contributed by atoms with Gasteiger partial charge in [0.15, 0.2) is 0 Å². The van der Waals surface area contributed by atoms with E-state index in [0.29, 0.717) is 11.8 Å². The zero-order valence-corrected chi connectivity index (χ0v) is 19.5. The van der Waals surface area contributed by atoms with E-state index in [4.69, 9.17) is 0 Å². The molecule has 0 aliphatic heterocycles. The lowest BCUT2D eigenvalue weighted by Crippen LogP contribution is -1.97. The predicted octanol–water partition coefficient (Wildman–Crippen LogP) is 7.97. The van der Waals surface area contributed by atoms with Crippen LogP contribution in [-0.2, 0) is 12.8 Å². The summed E-state index contributed by atoms with van der Waals surface area (Å²) in [5.41, 5.74) is 7.81. The molecule has 0 aliphatic rings. The van der Waals surface area contributed by atoms with Crippen molar-refractivity contribution in [2.24, 2.45) is 11.8 Å². The van der Waals surface area contributed by atoms with Crippen molar-refractivity contribution in [2.45, 2.75) is 40.5 Å². The summed E-state index contributed by atoms with van der Waals surface area (Å²) < 4.78 is 4.72. The van der Waals surface area contributed by atoms with Gasteiger partial charge in [0.05, 0.1) is 11.0 Å². The lowest BCUT2D eigenvalue weighted by atomic mass is 10.0. The molecule has 32 heavy (non-hydrogen) atoms. The molecular formula is C30H32N2. The summed E-state index contributed by atoms with van der Waals surface area (Å²) in [6.07, 6.45) is 6.85. The first kappa shape index (κ1) is 20.6. The molecule has 5 rings (SSSR count). The molecule has 5 aromatic rings. The first-order valence-electron chi connectivity index (χ1n) is 11.8. The summed E-state index contributed by atoms with van der Waals surface area (Å²) in [7, 11) is 0. The molecule has 0 saturated carbocycles. The fourth-order valence-electron chi connectivity index (χ4n) is 4.93. The predicted molar refractivity (Wildman–Crippen MR) is 137 cm³/mol. The monoisotopic (exact) mass is 420 g/mol. The lowest BCUT2D eigenvalue weighted by Gasteiger charge is -2.10. The normalized spacial score (nSPS) is 11.9. The van der Waals surface area contributed by atoms with E-state index in [1.165, 1.54) is 44.3 Å². The highest BCUT2D eigenvalue weighted by Gasteiger charge is 2.14. The molecule has 0 amide bonds. The molecule has 162 valence electrons. The number of rotatable bonds is 6. The standard InChI is InChI=1S/C30H32N2/c1-21(2)16-23-19-31(29-14-7-5-12-27(23)29)25-10-9-11-26(18-25)32-20-24(17-22(3)4)28-13-6-8-15-30(28)32/h5-15,18-22H,16-17H2,1-4H3. The van der Waals surface area contributed by atoms with Gasteiger partial charge in [-0.15, -0.1) is 0 Å². The maximum absolute atomic E-state index is 2.36. The quantitative estimate of drug-likeness (QED) is 0.263. The minimum absolute atomic E-state index is 0.631. The smallest absolute Gasteiger partial charge is 0.0531 e. The van der Waals surface area contributed by atoms with Crippen LogP contribution in [0.3, 0.4) is 0 Å². The van der Waals surface area contributed by atoms with Crippen molar-refractivity contribution in [1.29, 1.82) is 0 Å². The summed E-state index contributed by atoms with van der Waals surface area (Å²) in [4.78, 5) is 0. The maximum atomic E-state index is 2.36. The van der Waals surface area contributed by atoms with Crippen molar-refractivity contribution in [3.05, 3.63) is 96.3 Å². The van der Waals surface area contributed by atoms with Crippen LogP contribution in [0.5, 0.6) is 0 Å². The van der Waals surface area contributed by atoms with Gasteiger partial charge in [0.25, 0.3) is 0 Å². The van der Waals surface area contributed by atoms with E-state index in [1.807, 2.05) is 0 Å². The number of nitrogens with zero attached hydrogens (tertiary/aromatic N) is 2. The van der Waals surface area contributed by atoms with Gasteiger partial charge < -0.3 is 9.13 Å². The van der Waals surface area contributed by atoms with Crippen molar-refractivity contribution in [2.75, 3.05) is 0 Å². The van der Waals surface area contributed by atoms with Gasteiger partial charge >= 0.3 is 0 Å². The average molecular weight is 421 g/mol. The van der Waals surface area contributed by atoms with Gasteiger partial charge in [0.1, 0.15) is 0 Å². The third-order valence-electron chi connectivity index (χ3n) is 6.23. The Labute approximate surface area is 191 Å². The molecule has 0 saturated heterocycles. The van der Waals surface area contributed by atoms with Gasteiger partial charge in [-0.1, -0.05) is 70.2 Å². The highest BCUT2D eigenvalue weighted by atomic mass is 15.0. The highest BCUT2D eigenvalue weighted by Crippen LogP contribution is 2.30. The first-order chi connectivity index (χ1) is 15.5. The molecule has 0 aliphatic carbocycles. The third kappa shape index (κ3) is 3.75. The van der Waals surface area contributed by atoms with Crippen molar-refractivity contribution in [3.8, 4) is 11.4 Å². The van der Waals surface area contributed by atoms with Gasteiger partial charge in [0, 0.05) is 34.5 Å². The summed E-state index contributed by atoms with van der Waals surface area (Å²) in [5.74, 6) is 1.26. The Hall–Kier alpha value is -3.26. The van der Waals surface area contributed by atoms with Crippen molar-refractivity contribution < 1.29 is 0 Å². The van der Waals surface area contributed by atoms with Crippen molar-refractivity contribution >= 4 is 21.8 Å². The van der Waals surface area contributed by atoms with Crippen LogP contribution in [0.15, 0.2) is 85.2 Å². The molecule has 2 heterocycles. The van der Waals surface area contributed by atoms with Gasteiger partial charge in [-0.25, -0.2) is 0 Å². The zero-order valence-electron chi connectivity index (χ0n) is 19.5. The number of hydrogen-bond donors (Lipinski definition) is 0. The number of hydrogen-bond acceptors (Lipinski definition) is 0. The van der Waals surface area contributed by atoms with E-state index >= 15 is 0 Å². The SMILES string of the molecule is CC(C)Cc1cn(-c2cccc(-n3cc(CC(C)C)c4ccccc43)c2)c2ccccc12. The highest BCUT2D eigenvalue weighted by molar-refractivity contribution is 5.87. The van der Waals surface area contributed by atoms with Crippen LogP contribution in [-0.4, -0.2) is 9.13 Å². The molecule has 2 aromatic heterocycles. The molecule has 0 spiro atoms. The molecule has 2 nitrogen and oxygen atoms in total. The largest absolute Gasteiger partial charge is 0.316 e. The van der Waals surface area contributed by atoms with Crippen LogP contribution in [0, 0.1) is 11.8 Å². The van der Waals surface area contributed by atoms with Crippen LogP contribution >= 0.6 is 0 Å². The summed E-state index contributed by atoms with van der Waals surface area (Å²) >= 11 is 0. The number of benzene rings is 3. The molecule has 0 atom stereocenters. The summed E-state index contributed by atoms with van der Waals surface area (Å²) in [6, 6.07) is 26.5. The van der Waals surface area contributed by atoms with E-state index in [1.54, 1.807) is 0 Å². The maximum Gasteiger partial charge on any atom is 0.0531 e. The zero-order chi connectivity index (χ0) is 22.2. The molecule has 0 bridgehead atoms. The van der Waals surface area contributed by atoms with Crippen LogP contribution in [0.1, 0.15) is 38.8 Å².